The summed E-state index contributed by atoms with van der Waals surface area (Å²) in [5.41, 5.74) is 6.17. The number of aliphatic hydroxyl groups is 1. The van der Waals surface area contributed by atoms with Crippen LogP contribution in [0.4, 0.5) is 0 Å². The van der Waals surface area contributed by atoms with Crippen LogP contribution < -0.4 is 4.74 Å². The van der Waals surface area contributed by atoms with Gasteiger partial charge in [0.05, 0.1) is 12.4 Å². The minimum absolute atomic E-state index is 0.0176. The van der Waals surface area contributed by atoms with Crippen molar-refractivity contribution < 1.29 is 14.6 Å². The van der Waals surface area contributed by atoms with E-state index in [1.54, 1.807) is 0 Å². The van der Waals surface area contributed by atoms with Gasteiger partial charge < -0.3 is 9.84 Å². The maximum absolute atomic E-state index is 11.8. The van der Waals surface area contributed by atoms with Gasteiger partial charge in [0.1, 0.15) is 5.75 Å². The van der Waals surface area contributed by atoms with Crippen LogP contribution in [0.25, 0.3) is 0 Å². The van der Waals surface area contributed by atoms with Crippen molar-refractivity contribution in [3.63, 3.8) is 0 Å². The molecule has 1 unspecified atom stereocenters. The molecule has 3 heteroatoms. The van der Waals surface area contributed by atoms with E-state index in [4.69, 9.17) is 4.74 Å². The molecule has 0 radical (unpaired) electrons. The first-order valence-electron chi connectivity index (χ1n) is 7.16. The molecular weight excluding hydrogens is 252 g/mol. The van der Waals surface area contributed by atoms with Gasteiger partial charge in [0.25, 0.3) is 0 Å². The highest BCUT2D eigenvalue weighted by Gasteiger charge is 2.30. The molecule has 1 aliphatic carbocycles. The van der Waals surface area contributed by atoms with Crippen LogP contribution >= 0.6 is 0 Å². The summed E-state index contributed by atoms with van der Waals surface area (Å²) in [5, 5.41) is 9.78. The van der Waals surface area contributed by atoms with Crippen molar-refractivity contribution in [3.8, 4) is 5.75 Å². The van der Waals surface area contributed by atoms with Gasteiger partial charge in [-0.05, 0) is 48.9 Å². The topological polar surface area (TPSA) is 46.5 Å². The Hall–Kier alpha value is -1.77. The number of rotatable bonds is 1. The summed E-state index contributed by atoms with van der Waals surface area (Å²) in [6.07, 6.45) is 3.31. The molecule has 0 saturated carbocycles. The van der Waals surface area contributed by atoms with E-state index < -0.39 is 0 Å². The zero-order chi connectivity index (χ0) is 14.4. The first kappa shape index (κ1) is 13.2. The van der Waals surface area contributed by atoms with Gasteiger partial charge in [0.15, 0.2) is 5.78 Å². The van der Waals surface area contributed by atoms with Gasteiger partial charge in [-0.25, -0.2) is 0 Å². The zero-order valence-corrected chi connectivity index (χ0v) is 12.2. The van der Waals surface area contributed by atoms with Crippen LogP contribution in [0.1, 0.15) is 46.6 Å². The quantitative estimate of drug-likeness (QED) is 0.852. The Kier molecular flexibility index (Phi) is 3.08. The fourth-order valence-electron chi connectivity index (χ4n) is 3.56. The van der Waals surface area contributed by atoms with E-state index in [1.165, 1.54) is 33.9 Å². The van der Waals surface area contributed by atoms with Gasteiger partial charge in [-0.2, -0.15) is 0 Å². The number of hydrogen-bond donors (Lipinski definition) is 1. The Morgan fingerprint density at radius 1 is 1.15 bits per heavy atom. The molecule has 0 spiro atoms. The third-order valence-corrected chi connectivity index (χ3v) is 4.71. The summed E-state index contributed by atoms with van der Waals surface area (Å²) in [6, 6.07) is 0. The predicted octanol–water partition coefficient (Wildman–Crippen LogP) is 3.44. The first-order chi connectivity index (χ1) is 9.49. The lowest BCUT2D eigenvalue weighted by Crippen LogP contribution is -2.16. The summed E-state index contributed by atoms with van der Waals surface area (Å²) in [7, 11) is 0. The standard InChI is InChI=1S/C17H20O3/c1-9-10(2)16(12-6-13(18)8-14(19)7-12)15-4-5-20-17(15)11(9)3/h8,12,18H,4-7H2,1-3H3. The number of allylic oxidation sites excluding steroid dienone is 2. The van der Waals surface area contributed by atoms with Gasteiger partial charge >= 0.3 is 0 Å². The summed E-state index contributed by atoms with van der Waals surface area (Å²) < 4.78 is 5.79. The second-order valence-electron chi connectivity index (χ2n) is 5.90. The number of hydrogen-bond acceptors (Lipinski definition) is 3. The number of fused-ring (bicyclic) bond motifs is 1. The van der Waals surface area contributed by atoms with Crippen LogP contribution in [-0.4, -0.2) is 17.5 Å². The Morgan fingerprint density at radius 2 is 1.90 bits per heavy atom. The highest BCUT2D eigenvalue weighted by molar-refractivity contribution is 5.91. The average Bonchev–Trinajstić information content (AvgIpc) is 2.84. The van der Waals surface area contributed by atoms with Crippen LogP contribution in [0.5, 0.6) is 5.75 Å². The molecular formula is C17H20O3. The molecule has 1 heterocycles. The Labute approximate surface area is 119 Å². The van der Waals surface area contributed by atoms with E-state index >= 15 is 0 Å². The van der Waals surface area contributed by atoms with E-state index in [-0.39, 0.29) is 17.5 Å². The summed E-state index contributed by atoms with van der Waals surface area (Å²) in [5.74, 6) is 1.31. The number of benzene rings is 1. The van der Waals surface area contributed by atoms with Crippen LogP contribution in [0.3, 0.4) is 0 Å². The molecule has 0 fully saturated rings. The van der Waals surface area contributed by atoms with Crippen LogP contribution in [-0.2, 0) is 11.2 Å². The molecule has 1 aromatic carbocycles. The van der Waals surface area contributed by atoms with E-state index in [9.17, 15) is 9.90 Å². The lowest BCUT2D eigenvalue weighted by atomic mass is 9.79. The third-order valence-electron chi connectivity index (χ3n) is 4.71. The summed E-state index contributed by atoms with van der Waals surface area (Å²) in [6.45, 7) is 7.04. The van der Waals surface area contributed by atoms with Crippen molar-refractivity contribution in [1.29, 1.82) is 0 Å². The van der Waals surface area contributed by atoms with Crippen LogP contribution in [0, 0.1) is 20.8 Å². The fraction of sp³-hybridized carbons (Fsp3) is 0.471. The van der Waals surface area contributed by atoms with Gasteiger partial charge in [-0.15, -0.1) is 0 Å². The molecule has 0 amide bonds. The lowest BCUT2D eigenvalue weighted by molar-refractivity contribution is -0.115. The SMILES string of the molecule is Cc1c(C)c2c(c(C3CC(=O)C=C(O)C3)c1C)CCO2. The first-order valence-corrected chi connectivity index (χ1v) is 7.16. The molecule has 1 aliphatic heterocycles. The molecule has 1 N–H and O–H groups in total. The van der Waals surface area contributed by atoms with Gasteiger partial charge in [-0.1, -0.05) is 0 Å². The highest BCUT2D eigenvalue weighted by Crippen LogP contribution is 2.43. The van der Waals surface area contributed by atoms with E-state index in [2.05, 4.69) is 20.8 Å². The fourth-order valence-corrected chi connectivity index (χ4v) is 3.56. The Bertz CT molecular complexity index is 626. The maximum Gasteiger partial charge on any atom is 0.159 e. The van der Waals surface area contributed by atoms with Crippen molar-refractivity contribution >= 4 is 5.78 Å². The second kappa shape index (κ2) is 4.65. The maximum atomic E-state index is 11.8. The second-order valence-corrected chi connectivity index (χ2v) is 5.90. The van der Waals surface area contributed by atoms with Crippen molar-refractivity contribution in [1.82, 2.24) is 0 Å². The van der Waals surface area contributed by atoms with Crippen LogP contribution in [0.2, 0.25) is 0 Å². The number of carbonyl (C=O) groups is 1. The molecule has 20 heavy (non-hydrogen) atoms. The molecule has 2 aliphatic rings. The van der Waals surface area contributed by atoms with Crippen molar-refractivity contribution in [2.24, 2.45) is 0 Å². The van der Waals surface area contributed by atoms with Crippen LogP contribution in [0.15, 0.2) is 11.8 Å². The normalized spacial score (nSPS) is 21.4. The minimum Gasteiger partial charge on any atom is -0.512 e. The molecule has 3 rings (SSSR count). The molecule has 3 nitrogen and oxygen atoms in total. The molecule has 1 aromatic rings. The highest BCUT2D eigenvalue weighted by atomic mass is 16.5. The minimum atomic E-state index is 0.0176. The smallest absolute Gasteiger partial charge is 0.159 e. The van der Waals surface area contributed by atoms with Gasteiger partial charge in [0.2, 0.25) is 0 Å². The van der Waals surface area contributed by atoms with E-state index in [0.717, 1.165) is 12.2 Å². The summed E-state index contributed by atoms with van der Waals surface area (Å²) >= 11 is 0. The number of carbonyl (C=O) groups excluding carboxylic acids is 1. The molecule has 0 aromatic heterocycles. The Morgan fingerprint density at radius 3 is 2.60 bits per heavy atom. The zero-order valence-electron chi connectivity index (χ0n) is 12.2. The van der Waals surface area contributed by atoms with Crippen molar-refractivity contribution in [2.75, 3.05) is 6.61 Å². The molecule has 0 saturated heterocycles. The number of ketones is 1. The van der Waals surface area contributed by atoms with Gasteiger partial charge in [0, 0.05) is 30.9 Å². The van der Waals surface area contributed by atoms with Crippen molar-refractivity contribution in [2.45, 2.75) is 46.0 Å². The average molecular weight is 272 g/mol. The largest absolute Gasteiger partial charge is 0.512 e. The lowest BCUT2D eigenvalue weighted by Gasteiger charge is -2.26. The van der Waals surface area contributed by atoms with Gasteiger partial charge in [-0.3, -0.25) is 4.79 Å². The van der Waals surface area contributed by atoms with Crippen molar-refractivity contribution in [3.05, 3.63) is 39.7 Å². The molecule has 106 valence electrons. The third kappa shape index (κ3) is 1.92. The Balaban J connectivity index is 2.15. The summed E-state index contributed by atoms with van der Waals surface area (Å²) in [4.78, 5) is 11.8. The van der Waals surface area contributed by atoms with E-state index in [1.807, 2.05) is 0 Å². The molecule has 0 bridgehead atoms. The number of ether oxygens (including phenoxy) is 1. The van der Waals surface area contributed by atoms with E-state index in [0.29, 0.717) is 19.4 Å². The predicted molar refractivity (Wildman–Crippen MR) is 77.5 cm³/mol. The molecule has 1 atom stereocenters. The monoisotopic (exact) mass is 272 g/mol. The number of aliphatic hydroxyl groups excluding tert-OH is 1.